The van der Waals surface area contributed by atoms with Gasteiger partial charge in [0, 0.05) is 13.7 Å². The summed E-state index contributed by atoms with van der Waals surface area (Å²) in [6.07, 6.45) is 0.987. The molecule has 0 saturated carbocycles. The fourth-order valence-electron chi connectivity index (χ4n) is 1.50. The van der Waals surface area contributed by atoms with Gasteiger partial charge in [0.05, 0.1) is 11.1 Å². The molecule has 0 aromatic heterocycles. The molecule has 0 bridgehead atoms. The Morgan fingerprint density at radius 1 is 1.44 bits per heavy atom. The van der Waals surface area contributed by atoms with Crippen LogP contribution in [0, 0.1) is 5.82 Å². The lowest BCUT2D eigenvalue weighted by Gasteiger charge is -2.19. The Morgan fingerprint density at radius 2 is 2.22 bits per heavy atom. The van der Waals surface area contributed by atoms with Gasteiger partial charge in [-0.2, -0.15) is 0 Å². The molecule has 0 spiro atoms. The van der Waals surface area contributed by atoms with Crippen molar-refractivity contribution < 1.29 is 13.9 Å². The van der Waals surface area contributed by atoms with Crippen LogP contribution in [-0.4, -0.2) is 32.9 Å². The number of nitrogens with one attached hydrogen (secondary N) is 1. The third-order valence-electron chi connectivity index (χ3n) is 2.35. The first-order chi connectivity index (χ1) is 8.67. The van der Waals surface area contributed by atoms with Crippen molar-refractivity contribution in [3.8, 4) is 5.75 Å². The van der Waals surface area contributed by atoms with Crippen molar-refractivity contribution in [2.75, 3.05) is 26.8 Å². The van der Waals surface area contributed by atoms with E-state index in [0.29, 0.717) is 23.4 Å². The second-order valence-electron chi connectivity index (χ2n) is 3.98. The third-order valence-corrected chi connectivity index (χ3v) is 2.95. The van der Waals surface area contributed by atoms with Gasteiger partial charge in [0.15, 0.2) is 0 Å². The maximum absolute atomic E-state index is 13.1. The fraction of sp³-hybridized carbons (Fsp3) is 0.538. The highest BCUT2D eigenvalue weighted by Crippen LogP contribution is 2.22. The molecular formula is C13H19BrFNO2. The van der Waals surface area contributed by atoms with Crippen LogP contribution < -0.4 is 10.1 Å². The van der Waals surface area contributed by atoms with Crippen molar-refractivity contribution in [3.63, 3.8) is 0 Å². The average Bonchev–Trinajstić information content (AvgIpc) is 2.34. The smallest absolute Gasteiger partial charge is 0.137 e. The number of benzene rings is 1. The minimum absolute atomic E-state index is 0.0843. The van der Waals surface area contributed by atoms with E-state index in [-0.39, 0.29) is 11.9 Å². The first-order valence-electron chi connectivity index (χ1n) is 5.98. The van der Waals surface area contributed by atoms with Gasteiger partial charge in [-0.15, -0.1) is 0 Å². The van der Waals surface area contributed by atoms with Crippen LogP contribution in [0.5, 0.6) is 5.75 Å². The number of ether oxygens (including phenoxy) is 2. The van der Waals surface area contributed by atoms with Crippen molar-refractivity contribution in [1.82, 2.24) is 5.32 Å². The van der Waals surface area contributed by atoms with Crippen molar-refractivity contribution in [2.45, 2.75) is 19.4 Å². The second kappa shape index (κ2) is 8.45. The normalized spacial score (nSPS) is 12.4. The Kier molecular flexibility index (Phi) is 7.23. The summed E-state index contributed by atoms with van der Waals surface area (Å²) in [5.41, 5.74) is 0. The van der Waals surface area contributed by atoms with E-state index in [2.05, 4.69) is 28.2 Å². The molecule has 1 aromatic rings. The Hall–Kier alpha value is -0.650. The summed E-state index contributed by atoms with van der Waals surface area (Å²) < 4.78 is 24.4. The number of methoxy groups -OCH3 is 1. The lowest BCUT2D eigenvalue weighted by atomic mass is 10.3. The molecule has 1 atom stereocenters. The standard InChI is InChI=1S/C13H19BrFNO2/c1-3-6-16-8-11(9-17-2)18-10-4-5-13(15)12(14)7-10/h4-5,7,11,16H,3,6,8-9H2,1-2H3. The first-order valence-corrected chi connectivity index (χ1v) is 6.78. The van der Waals surface area contributed by atoms with Gasteiger partial charge < -0.3 is 14.8 Å². The van der Waals surface area contributed by atoms with Crippen molar-refractivity contribution in [1.29, 1.82) is 0 Å². The van der Waals surface area contributed by atoms with Crippen LogP contribution in [-0.2, 0) is 4.74 Å². The molecule has 18 heavy (non-hydrogen) atoms. The van der Waals surface area contributed by atoms with E-state index in [4.69, 9.17) is 9.47 Å². The molecule has 0 amide bonds. The van der Waals surface area contributed by atoms with Crippen LogP contribution in [0.1, 0.15) is 13.3 Å². The Bertz CT molecular complexity index is 363. The maximum Gasteiger partial charge on any atom is 0.137 e. The van der Waals surface area contributed by atoms with E-state index < -0.39 is 0 Å². The van der Waals surface area contributed by atoms with Crippen molar-refractivity contribution in [2.24, 2.45) is 0 Å². The lowest BCUT2D eigenvalue weighted by Crippen LogP contribution is -2.35. The molecule has 3 nitrogen and oxygen atoms in total. The quantitative estimate of drug-likeness (QED) is 0.747. The van der Waals surface area contributed by atoms with Gasteiger partial charge in [0.1, 0.15) is 17.7 Å². The fourth-order valence-corrected chi connectivity index (χ4v) is 1.86. The van der Waals surface area contributed by atoms with Gasteiger partial charge in [-0.3, -0.25) is 0 Å². The molecule has 0 aliphatic rings. The molecule has 0 aliphatic carbocycles. The first kappa shape index (κ1) is 15.4. The second-order valence-corrected chi connectivity index (χ2v) is 4.83. The van der Waals surface area contributed by atoms with Crippen molar-refractivity contribution >= 4 is 15.9 Å². The van der Waals surface area contributed by atoms with Crippen LogP contribution in [0.2, 0.25) is 0 Å². The van der Waals surface area contributed by atoms with E-state index in [9.17, 15) is 4.39 Å². The lowest BCUT2D eigenvalue weighted by molar-refractivity contribution is 0.0806. The molecule has 0 aliphatic heterocycles. The number of rotatable bonds is 8. The van der Waals surface area contributed by atoms with Crippen LogP contribution in [0.4, 0.5) is 4.39 Å². The molecule has 1 rings (SSSR count). The minimum atomic E-state index is -0.297. The molecule has 1 unspecified atom stereocenters. The zero-order valence-corrected chi connectivity index (χ0v) is 12.3. The topological polar surface area (TPSA) is 30.5 Å². The predicted octanol–water partition coefficient (Wildman–Crippen LogP) is 2.98. The van der Waals surface area contributed by atoms with Gasteiger partial charge >= 0.3 is 0 Å². The molecular weight excluding hydrogens is 301 g/mol. The van der Waals surface area contributed by atoms with E-state index in [1.807, 2.05) is 0 Å². The SMILES string of the molecule is CCCNCC(COC)Oc1ccc(F)c(Br)c1. The van der Waals surface area contributed by atoms with Gasteiger partial charge in [0.25, 0.3) is 0 Å². The molecule has 102 valence electrons. The zero-order valence-electron chi connectivity index (χ0n) is 10.7. The number of halogens is 2. The zero-order chi connectivity index (χ0) is 13.4. The van der Waals surface area contributed by atoms with E-state index in [1.165, 1.54) is 6.07 Å². The molecule has 1 N–H and O–H groups in total. The minimum Gasteiger partial charge on any atom is -0.487 e. The van der Waals surface area contributed by atoms with E-state index in [1.54, 1.807) is 19.2 Å². The van der Waals surface area contributed by atoms with Crippen LogP contribution in [0.25, 0.3) is 0 Å². The third kappa shape index (κ3) is 5.33. The molecule has 0 radical (unpaired) electrons. The van der Waals surface area contributed by atoms with Crippen LogP contribution >= 0.6 is 15.9 Å². The monoisotopic (exact) mass is 319 g/mol. The summed E-state index contributed by atoms with van der Waals surface area (Å²) in [6.45, 7) is 4.25. The molecule has 0 fully saturated rings. The summed E-state index contributed by atoms with van der Waals surface area (Å²) in [4.78, 5) is 0. The average molecular weight is 320 g/mol. The van der Waals surface area contributed by atoms with E-state index in [0.717, 1.165) is 13.0 Å². The molecule has 1 aromatic carbocycles. The Labute approximate surface area is 116 Å². The predicted molar refractivity (Wildman–Crippen MR) is 73.6 cm³/mol. The maximum atomic E-state index is 13.1. The number of hydrogen-bond acceptors (Lipinski definition) is 3. The summed E-state index contributed by atoms with van der Waals surface area (Å²) in [5, 5.41) is 3.28. The summed E-state index contributed by atoms with van der Waals surface area (Å²) >= 11 is 3.14. The van der Waals surface area contributed by atoms with Gasteiger partial charge in [-0.1, -0.05) is 6.92 Å². The number of hydrogen-bond donors (Lipinski definition) is 1. The highest BCUT2D eigenvalue weighted by Gasteiger charge is 2.11. The highest BCUT2D eigenvalue weighted by atomic mass is 79.9. The van der Waals surface area contributed by atoms with Crippen molar-refractivity contribution in [3.05, 3.63) is 28.5 Å². The summed E-state index contributed by atoms with van der Waals surface area (Å²) in [7, 11) is 1.64. The summed E-state index contributed by atoms with van der Waals surface area (Å²) in [6, 6.07) is 4.61. The van der Waals surface area contributed by atoms with Crippen LogP contribution in [0.3, 0.4) is 0 Å². The van der Waals surface area contributed by atoms with E-state index >= 15 is 0 Å². The van der Waals surface area contributed by atoms with Gasteiger partial charge in [-0.05, 0) is 47.1 Å². The largest absolute Gasteiger partial charge is 0.487 e. The highest BCUT2D eigenvalue weighted by molar-refractivity contribution is 9.10. The summed E-state index contributed by atoms with van der Waals surface area (Å²) in [5.74, 6) is 0.332. The van der Waals surface area contributed by atoms with Gasteiger partial charge in [-0.25, -0.2) is 4.39 Å². The molecule has 0 heterocycles. The van der Waals surface area contributed by atoms with Gasteiger partial charge in [0.2, 0.25) is 0 Å². The van der Waals surface area contributed by atoms with Crippen LogP contribution in [0.15, 0.2) is 22.7 Å². The Morgan fingerprint density at radius 3 is 2.83 bits per heavy atom. The Balaban J connectivity index is 2.55. The molecule has 5 heteroatoms. The molecule has 0 saturated heterocycles.